The van der Waals surface area contributed by atoms with Gasteiger partial charge in [0.25, 0.3) is 0 Å². The highest BCUT2D eigenvalue weighted by molar-refractivity contribution is 5.69. The highest BCUT2D eigenvalue weighted by Crippen LogP contribution is 2.47. The van der Waals surface area contributed by atoms with Crippen molar-refractivity contribution in [2.24, 2.45) is 5.92 Å². The zero-order chi connectivity index (χ0) is 16.7. The molecule has 1 N–H and O–H groups in total. The van der Waals surface area contributed by atoms with E-state index in [2.05, 4.69) is 4.98 Å². The van der Waals surface area contributed by atoms with Crippen LogP contribution in [0.1, 0.15) is 52.1 Å². The molecule has 23 heavy (non-hydrogen) atoms. The van der Waals surface area contributed by atoms with Crippen LogP contribution in [0.15, 0.2) is 24.4 Å². The maximum absolute atomic E-state index is 12.5. The van der Waals surface area contributed by atoms with Crippen LogP contribution in [-0.4, -0.2) is 39.3 Å². The zero-order valence-electron chi connectivity index (χ0n) is 14.2. The van der Waals surface area contributed by atoms with E-state index in [1.807, 2.05) is 43.9 Å². The number of piperidine rings is 1. The molecule has 1 aliphatic heterocycles. The van der Waals surface area contributed by atoms with Crippen molar-refractivity contribution in [2.75, 3.05) is 6.54 Å². The SMILES string of the molecule is CC(C)(C)OC(=O)N1CCCC2CC(O)(c3ccccn3)CC21. The smallest absolute Gasteiger partial charge is 0.410 e. The van der Waals surface area contributed by atoms with Crippen molar-refractivity contribution >= 4 is 6.09 Å². The molecule has 1 saturated heterocycles. The average Bonchev–Trinajstić information content (AvgIpc) is 2.83. The number of likely N-dealkylation sites (tertiary alicyclic amines) is 1. The van der Waals surface area contributed by atoms with E-state index in [0.717, 1.165) is 12.8 Å². The Balaban J connectivity index is 1.79. The minimum Gasteiger partial charge on any atom is -0.444 e. The van der Waals surface area contributed by atoms with Gasteiger partial charge in [0.1, 0.15) is 11.2 Å². The number of aliphatic hydroxyl groups is 1. The molecule has 1 aromatic heterocycles. The van der Waals surface area contributed by atoms with Gasteiger partial charge in [0, 0.05) is 25.2 Å². The Labute approximate surface area is 137 Å². The Bertz CT molecular complexity index is 569. The van der Waals surface area contributed by atoms with E-state index in [9.17, 15) is 9.90 Å². The van der Waals surface area contributed by atoms with Gasteiger partial charge in [-0.25, -0.2) is 4.79 Å². The largest absolute Gasteiger partial charge is 0.444 e. The molecule has 126 valence electrons. The summed E-state index contributed by atoms with van der Waals surface area (Å²) in [6, 6.07) is 5.65. The first-order chi connectivity index (χ1) is 10.8. The van der Waals surface area contributed by atoms with Gasteiger partial charge < -0.3 is 14.7 Å². The standard InChI is InChI=1S/C18H26N2O3/c1-17(2,3)23-16(21)20-10-6-7-13-11-18(22,12-14(13)20)15-8-4-5-9-19-15/h4-5,8-9,13-14,22H,6-7,10-12H2,1-3H3. The van der Waals surface area contributed by atoms with E-state index in [0.29, 0.717) is 31.0 Å². The lowest BCUT2D eigenvalue weighted by molar-refractivity contribution is 0.000565. The number of nitrogens with zero attached hydrogens (tertiary/aromatic N) is 2. The summed E-state index contributed by atoms with van der Waals surface area (Å²) in [5, 5.41) is 11.1. The summed E-state index contributed by atoms with van der Waals surface area (Å²) in [5.41, 5.74) is -0.736. The summed E-state index contributed by atoms with van der Waals surface area (Å²) in [4.78, 5) is 18.7. The molecule has 1 aliphatic carbocycles. The Kier molecular flexibility index (Phi) is 4.08. The third-order valence-electron chi connectivity index (χ3n) is 4.83. The number of aromatic nitrogens is 1. The van der Waals surface area contributed by atoms with Gasteiger partial charge in [0.15, 0.2) is 0 Å². The number of amides is 1. The summed E-state index contributed by atoms with van der Waals surface area (Å²) in [5.74, 6) is 0.309. The number of rotatable bonds is 1. The topological polar surface area (TPSA) is 62.7 Å². The third kappa shape index (κ3) is 3.34. The minimum absolute atomic E-state index is 0.0330. The van der Waals surface area contributed by atoms with Gasteiger partial charge in [-0.3, -0.25) is 4.98 Å². The monoisotopic (exact) mass is 318 g/mol. The maximum atomic E-state index is 12.5. The predicted octanol–water partition coefficient (Wildman–Crippen LogP) is 3.08. The molecule has 1 amide bonds. The first-order valence-electron chi connectivity index (χ1n) is 8.42. The first-order valence-corrected chi connectivity index (χ1v) is 8.42. The fourth-order valence-electron chi connectivity index (χ4n) is 3.91. The van der Waals surface area contributed by atoms with Crippen LogP contribution >= 0.6 is 0 Å². The number of hydrogen-bond donors (Lipinski definition) is 1. The average molecular weight is 318 g/mol. The Morgan fingerprint density at radius 1 is 1.39 bits per heavy atom. The number of ether oxygens (including phenoxy) is 1. The maximum Gasteiger partial charge on any atom is 0.410 e. The van der Waals surface area contributed by atoms with E-state index in [-0.39, 0.29) is 12.1 Å². The van der Waals surface area contributed by atoms with Crippen molar-refractivity contribution in [3.63, 3.8) is 0 Å². The van der Waals surface area contributed by atoms with Crippen LogP contribution < -0.4 is 0 Å². The number of pyridine rings is 1. The minimum atomic E-state index is -0.943. The van der Waals surface area contributed by atoms with Crippen LogP contribution in [-0.2, 0) is 10.3 Å². The molecule has 2 heterocycles. The summed E-state index contributed by atoms with van der Waals surface area (Å²) < 4.78 is 5.55. The molecule has 5 heteroatoms. The van der Waals surface area contributed by atoms with Crippen LogP contribution in [0.5, 0.6) is 0 Å². The lowest BCUT2D eigenvalue weighted by Crippen LogP contribution is -2.48. The Hall–Kier alpha value is -1.62. The quantitative estimate of drug-likeness (QED) is 0.864. The number of fused-ring (bicyclic) bond motifs is 1. The molecule has 0 radical (unpaired) electrons. The lowest BCUT2D eigenvalue weighted by Gasteiger charge is -2.38. The van der Waals surface area contributed by atoms with Gasteiger partial charge in [-0.2, -0.15) is 0 Å². The van der Waals surface area contributed by atoms with Crippen molar-refractivity contribution in [3.05, 3.63) is 30.1 Å². The summed E-state index contributed by atoms with van der Waals surface area (Å²) in [7, 11) is 0. The normalized spacial score (nSPS) is 30.9. The van der Waals surface area contributed by atoms with Gasteiger partial charge in [-0.05, 0) is 58.1 Å². The van der Waals surface area contributed by atoms with Crippen LogP contribution in [0.4, 0.5) is 4.79 Å². The molecule has 0 bridgehead atoms. The molecular formula is C18H26N2O3. The van der Waals surface area contributed by atoms with Crippen LogP contribution in [0.25, 0.3) is 0 Å². The summed E-state index contributed by atoms with van der Waals surface area (Å²) in [6.45, 7) is 6.34. The molecule has 5 nitrogen and oxygen atoms in total. The molecule has 1 aromatic rings. The van der Waals surface area contributed by atoms with Crippen molar-refractivity contribution in [1.82, 2.24) is 9.88 Å². The highest BCUT2D eigenvalue weighted by Gasteiger charge is 2.50. The molecule has 3 unspecified atom stereocenters. The molecule has 0 spiro atoms. The highest BCUT2D eigenvalue weighted by atomic mass is 16.6. The number of carbonyl (C=O) groups excluding carboxylic acids is 1. The summed E-state index contributed by atoms with van der Waals surface area (Å²) in [6.07, 6.45) is 4.64. The van der Waals surface area contributed by atoms with E-state index >= 15 is 0 Å². The van der Waals surface area contributed by atoms with Gasteiger partial charge in [-0.15, -0.1) is 0 Å². The van der Waals surface area contributed by atoms with Gasteiger partial charge in [0.05, 0.1) is 5.69 Å². The van der Waals surface area contributed by atoms with Crippen molar-refractivity contribution in [1.29, 1.82) is 0 Å². The molecule has 2 aliphatic rings. The van der Waals surface area contributed by atoms with Crippen molar-refractivity contribution < 1.29 is 14.6 Å². The van der Waals surface area contributed by atoms with Gasteiger partial charge in [-0.1, -0.05) is 6.07 Å². The second-order valence-corrected chi connectivity index (χ2v) is 7.80. The van der Waals surface area contributed by atoms with E-state index in [1.165, 1.54) is 0 Å². The van der Waals surface area contributed by atoms with Crippen LogP contribution in [0, 0.1) is 5.92 Å². The fraction of sp³-hybridized carbons (Fsp3) is 0.667. The van der Waals surface area contributed by atoms with E-state index < -0.39 is 11.2 Å². The molecule has 3 atom stereocenters. The van der Waals surface area contributed by atoms with Crippen LogP contribution in [0.3, 0.4) is 0 Å². The molecule has 3 rings (SSSR count). The fourth-order valence-corrected chi connectivity index (χ4v) is 3.91. The van der Waals surface area contributed by atoms with Gasteiger partial charge in [0.2, 0.25) is 0 Å². The predicted molar refractivity (Wildman–Crippen MR) is 86.8 cm³/mol. The second kappa shape index (κ2) is 5.78. The molecular weight excluding hydrogens is 292 g/mol. The van der Waals surface area contributed by atoms with Crippen molar-refractivity contribution in [3.8, 4) is 0 Å². The van der Waals surface area contributed by atoms with Gasteiger partial charge >= 0.3 is 6.09 Å². The lowest BCUT2D eigenvalue weighted by atomic mass is 9.91. The molecule has 2 fully saturated rings. The first kappa shape index (κ1) is 16.2. The van der Waals surface area contributed by atoms with Crippen molar-refractivity contribution in [2.45, 2.75) is 63.7 Å². The number of hydrogen-bond acceptors (Lipinski definition) is 4. The van der Waals surface area contributed by atoms with Crippen LogP contribution in [0.2, 0.25) is 0 Å². The Morgan fingerprint density at radius 3 is 2.83 bits per heavy atom. The third-order valence-corrected chi connectivity index (χ3v) is 4.83. The number of carbonyl (C=O) groups is 1. The zero-order valence-corrected chi connectivity index (χ0v) is 14.2. The molecule has 1 saturated carbocycles. The second-order valence-electron chi connectivity index (χ2n) is 7.80. The van der Waals surface area contributed by atoms with E-state index in [1.54, 1.807) is 6.20 Å². The summed E-state index contributed by atoms with van der Waals surface area (Å²) >= 11 is 0. The molecule has 0 aromatic carbocycles. The van der Waals surface area contributed by atoms with E-state index in [4.69, 9.17) is 4.74 Å². The Morgan fingerprint density at radius 2 is 2.17 bits per heavy atom.